The molecule has 0 aliphatic rings. The van der Waals surface area contributed by atoms with Crippen molar-refractivity contribution in [3.63, 3.8) is 0 Å². The number of nitrogens with zero attached hydrogens (tertiary/aromatic N) is 1. The van der Waals surface area contributed by atoms with Gasteiger partial charge in [0.1, 0.15) is 5.15 Å². The van der Waals surface area contributed by atoms with Gasteiger partial charge in [0.15, 0.2) is 5.78 Å². The highest BCUT2D eigenvalue weighted by atomic mass is 35.5. The molecule has 114 valence electrons. The summed E-state index contributed by atoms with van der Waals surface area (Å²) in [5.74, 6) is -0.0506. The number of aromatic nitrogens is 1. The van der Waals surface area contributed by atoms with Crippen molar-refractivity contribution in [2.24, 2.45) is 0 Å². The van der Waals surface area contributed by atoms with Crippen LogP contribution in [0.25, 0.3) is 17.0 Å². The molecule has 0 bridgehead atoms. The van der Waals surface area contributed by atoms with Gasteiger partial charge in [-0.15, -0.1) is 0 Å². The third-order valence-corrected chi connectivity index (χ3v) is 4.00. The molecule has 3 aromatic rings. The van der Waals surface area contributed by atoms with Crippen LogP contribution in [0.3, 0.4) is 0 Å². The Bertz CT molecular complexity index is 911. The third-order valence-electron chi connectivity index (χ3n) is 3.70. The molecule has 0 aliphatic carbocycles. The van der Waals surface area contributed by atoms with Crippen molar-refractivity contribution in [1.29, 1.82) is 0 Å². The molecule has 1 heterocycles. The molecule has 0 fully saturated rings. The van der Waals surface area contributed by atoms with Crippen molar-refractivity contribution in [3.8, 4) is 0 Å². The highest BCUT2D eigenvalue weighted by Gasteiger charge is 2.05. The Morgan fingerprint density at radius 2 is 1.70 bits per heavy atom. The van der Waals surface area contributed by atoms with Gasteiger partial charge in [-0.3, -0.25) is 4.79 Å². The molecular formula is C20H16ClNO. The Hall–Kier alpha value is -2.45. The van der Waals surface area contributed by atoms with E-state index in [0.29, 0.717) is 10.7 Å². The maximum absolute atomic E-state index is 12.2. The number of carbonyl (C=O) groups is 1. The largest absolute Gasteiger partial charge is 0.289 e. The fraction of sp³-hybridized carbons (Fsp3) is 0.100. The summed E-state index contributed by atoms with van der Waals surface area (Å²) in [5, 5.41) is 1.41. The summed E-state index contributed by atoms with van der Waals surface area (Å²) in [7, 11) is 0. The molecule has 3 heteroatoms. The highest BCUT2D eigenvalue weighted by molar-refractivity contribution is 6.31. The van der Waals surface area contributed by atoms with E-state index in [4.69, 9.17) is 11.6 Å². The van der Waals surface area contributed by atoms with Gasteiger partial charge >= 0.3 is 0 Å². The molecular weight excluding hydrogens is 306 g/mol. The van der Waals surface area contributed by atoms with E-state index in [9.17, 15) is 4.79 Å². The minimum Gasteiger partial charge on any atom is -0.289 e. The van der Waals surface area contributed by atoms with Gasteiger partial charge in [-0.25, -0.2) is 4.98 Å². The van der Waals surface area contributed by atoms with Crippen LogP contribution >= 0.6 is 11.6 Å². The molecule has 0 unspecified atom stereocenters. The smallest absolute Gasteiger partial charge is 0.185 e. The van der Waals surface area contributed by atoms with E-state index in [0.717, 1.165) is 27.6 Å². The van der Waals surface area contributed by atoms with Gasteiger partial charge in [0, 0.05) is 16.5 Å². The Morgan fingerprint density at radius 1 is 1.00 bits per heavy atom. The number of carbonyl (C=O) groups excluding carboxylic acids is 1. The summed E-state index contributed by atoms with van der Waals surface area (Å²) in [6.07, 6.45) is 3.26. The predicted molar refractivity (Wildman–Crippen MR) is 96.0 cm³/mol. The lowest BCUT2D eigenvalue weighted by Crippen LogP contribution is -1.94. The first kappa shape index (κ1) is 15.4. The van der Waals surface area contributed by atoms with Crippen LogP contribution in [0, 0.1) is 13.8 Å². The first-order chi connectivity index (χ1) is 11.0. The average Bonchev–Trinajstić information content (AvgIpc) is 2.53. The molecule has 2 nitrogen and oxygen atoms in total. The number of rotatable bonds is 3. The molecule has 0 saturated carbocycles. The fourth-order valence-corrected chi connectivity index (χ4v) is 2.59. The molecule has 0 aliphatic heterocycles. The lowest BCUT2D eigenvalue weighted by atomic mass is 10.1. The second-order valence-electron chi connectivity index (χ2n) is 5.63. The lowest BCUT2D eigenvalue weighted by Gasteiger charge is -2.03. The maximum atomic E-state index is 12.2. The van der Waals surface area contributed by atoms with Gasteiger partial charge in [0.25, 0.3) is 0 Å². The van der Waals surface area contributed by atoms with Crippen molar-refractivity contribution >= 4 is 34.4 Å². The van der Waals surface area contributed by atoms with Crippen LogP contribution in [-0.2, 0) is 0 Å². The number of allylic oxidation sites excluding steroid dienone is 1. The summed E-state index contributed by atoms with van der Waals surface area (Å²) in [5.41, 5.74) is 4.54. The number of benzene rings is 2. The van der Waals surface area contributed by atoms with E-state index in [1.165, 1.54) is 6.08 Å². The lowest BCUT2D eigenvalue weighted by molar-refractivity contribution is 0.104. The fourth-order valence-electron chi connectivity index (χ4n) is 2.39. The minimum atomic E-state index is -0.0506. The quantitative estimate of drug-likeness (QED) is 0.367. The molecule has 23 heavy (non-hydrogen) atoms. The number of aryl methyl sites for hydroxylation is 2. The normalized spacial score (nSPS) is 11.3. The van der Waals surface area contributed by atoms with Crippen molar-refractivity contribution in [3.05, 3.63) is 82.0 Å². The standard InChI is InChI=1S/C20H16ClNO/c1-13-3-6-15(7-4-13)19(23)10-8-16-12-17-11-14(2)5-9-18(17)22-20(16)21/h3-12H,1-2H3/b10-8+. The van der Waals surface area contributed by atoms with E-state index in [1.807, 2.05) is 56.3 Å². The van der Waals surface area contributed by atoms with E-state index in [2.05, 4.69) is 11.1 Å². The second kappa shape index (κ2) is 6.35. The van der Waals surface area contributed by atoms with Crippen molar-refractivity contribution < 1.29 is 4.79 Å². The molecule has 0 saturated heterocycles. The molecule has 1 aromatic heterocycles. The predicted octanol–water partition coefficient (Wildman–Crippen LogP) is 5.40. The van der Waals surface area contributed by atoms with Gasteiger partial charge in [-0.1, -0.05) is 53.1 Å². The molecule has 2 aromatic carbocycles. The number of ketones is 1. The number of hydrogen-bond donors (Lipinski definition) is 0. The molecule has 0 N–H and O–H groups in total. The van der Waals surface area contributed by atoms with Crippen LogP contribution in [0.2, 0.25) is 5.15 Å². The van der Waals surface area contributed by atoms with Gasteiger partial charge in [0.05, 0.1) is 5.52 Å². The minimum absolute atomic E-state index is 0.0506. The zero-order valence-electron chi connectivity index (χ0n) is 13.0. The third kappa shape index (κ3) is 3.49. The van der Waals surface area contributed by atoms with Crippen LogP contribution < -0.4 is 0 Å². The van der Waals surface area contributed by atoms with E-state index in [-0.39, 0.29) is 5.78 Å². The van der Waals surface area contributed by atoms with Crippen molar-refractivity contribution in [2.75, 3.05) is 0 Å². The molecule has 3 rings (SSSR count). The average molecular weight is 322 g/mol. The van der Waals surface area contributed by atoms with Crippen molar-refractivity contribution in [2.45, 2.75) is 13.8 Å². The Morgan fingerprint density at radius 3 is 2.43 bits per heavy atom. The topological polar surface area (TPSA) is 30.0 Å². The van der Waals surface area contributed by atoms with Crippen LogP contribution in [0.4, 0.5) is 0 Å². The number of halogens is 1. The molecule has 0 spiro atoms. The van der Waals surface area contributed by atoms with E-state index < -0.39 is 0 Å². The van der Waals surface area contributed by atoms with Gasteiger partial charge in [-0.05, 0) is 44.2 Å². The van der Waals surface area contributed by atoms with E-state index in [1.54, 1.807) is 6.08 Å². The number of fused-ring (bicyclic) bond motifs is 1. The summed E-state index contributed by atoms with van der Waals surface area (Å²) >= 11 is 6.22. The molecule has 0 radical (unpaired) electrons. The number of pyridine rings is 1. The highest BCUT2D eigenvalue weighted by Crippen LogP contribution is 2.22. The van der Waals surface area contributed by atoms with Crippen LogP contribution in [0.1, 0.15) is 27.0 Å². The second-order valence-corrected chi connectivity index (χ2v) is 5.99. The van der Waals surface area contributed by atoms with Crippen molar-refractivity contribution in [1.82, 2.24) is 4.98 Å². The summed E-state index contributed by atoms with van der Waals surface area (Å²) in [4.78, 5) is 16.6. The summed E-state index contributed by atoms with van der Waals surface area (Å²) in [6.45, 7) is 4.02. The monoisotopic (exact) mass is 321 g/mol. The first-order valence-corrected chi connectivity index (χ1v) is 7.77. The van der Waals surface area contributed by atoms with Gasteiger partial charge in [-0.2, -0.15) is 0 Å². The van der Waals surface area contributed by atoms with Crippen LogP contribution in [0.15, 0.2) is 54.6 Å². The first-order valence-electron chi connectivity index (χ1n) is 7.39. The summed E-state index contributed by atoms with van der Waals surface area (Å²) in [6, 6.07) is 15.5. The Balaban J connectivity index is 1.92. The van der Waals surface area contributed by atoms with Gasteiger partial charge < -0.3 is 0 Å². The molecule has 0 amide bonds. The zero-order chi connectivity index (χ0) is 16.4. The maximum Gasteiger partial charge on any atom is 0.185 e. The summed E-state index contributed by atoms with van der Waals surface area (Å²) < 4.78 is 0. The SMILES string of the molecule is Cc1ccc(C(=O)/C=C/c2cc3cc(C)ccc3nc2Cl)cc1. The van der Waals surface area contributed by atoms with Crippen LogP contribution in [-0.4, -0.2) is 10.8 Å². The van der Waals surface area contributed by atoms with E-state index >= 15 is 0 Å². The van der Waals surface area contributed by atoms with Gasteiger partial charge in [0.2, 0.25) is 0 Å². The molecule has 0 atom stereocenters. The van der Waals surface area contributed by atoms with Crippen LogP contribution in [0.5, 0.6) is 0 Å². The Kier molecular flexibility index (Phi) is 4.26. The number of hydrogen-bond acceptors (Lipinski definition) is 2. The zero-order valence-corrected chi connectivity index (χ0v) is 13.8. The Labute approximate surface area is 140 Å².